The summed E-state index contributed by atoms with van der Waals surface area (Å²) in [5.74, 6) is -0.633. The molecule has 1 aliphatic rings. The summed E-state index contributed by atoms with van der Waals surface area (Å²) in [7, 11) is 1.51. The van der Waals surface area contributed by atoms with Gasteiger partial charge < -0.3 is 20.8 Å². The lowest BCUT2D eigenvalue weighted by Gasteiger charge is -2.35. The Hall–Kier alpha value is -4.02. The average Bonchev–Trinajstić information content (AvgIpc) is 2.82. The Morgan fingerprint density at radius 1 is 1.14 bits per heavy atom. The van der Waals surface area contributed by atoms with Gasteiger partial charge >= 0.3 is 6.03 Å². The van der Waals surface area contributed by atoms with Crippen LogP contribution in [0.4, 0.5) is 33.6 Å². The van der Waals surface area contributed by atoms with Crippen LogP contribution in [0.3, 0.4) is 0 Å². The van der Waals surface area contributed by atoms with Crippen LogP contribution >= 0.6 is 23.2 Å². The zero-order chi connectivity index (χ0) is 25.4. The molecule has 1 aromatic heterocycles. The number of para-hydroxylation sites is 2. The Balaban J connectivity index is 1.66. The highest BCUT2D eigenvalue weighted by atomic mass is 35.5. The quantitative estimate of drug-likeness (QED) is 0.351. The second kappa shape index (κ2) is 9.32. The second-order valence-corrected chi connectivity index (χ2v) is 8.52. The van der Waals surface area contributed by atoms with Crippen LogP contribution in [0, 0.1) is 0 Å². The number of rotatable bonds is 5. The molecule has 0 spiro atoms. The van der Waals surface area contributed by atoms with Crippen molar-refractivity contribution in [3.05, 3.63) is 64.3 Å². The number of phenols is 2. The number of aromatic hydroxyl groups is 2. The minimum absolute atomic E-state index is 0.00756. The molecule has 2 aromatic carbocycles. The van der Waals surface area contributed by atoms with E-state index in [2.05, 4.69) is 27.2 Å². The van der Waals surface area contributed by atoms with E-state index in [9.17, 15) is 19.8 Å². The topological polar surface area (TPSA) is 131 Å². The van der Waals surface area contributed by atoms with Crippen LogP contribution in [0.15, 0.2) is 48.7 Å². The minimum Gasteiger partial charge on any atom is -0.506 e. The van der Waals surface area contributed by atoms with Gasteiger partial charge in [0.2, 0.25) is 5.95 Å². The fourth-order valence-corrected chi connectivity index (χ4v) is 3.98. The van der Waals surface area contributed by atoms with Crippen LogP contribution < -0.4 is 20.4 Å². The van der Waals surface area contributed by atoms with Crippen molar-refractivity contribution in [3.8, 4) is 11.5 Å². The zero-order valence-electron chi connectivity index (χ0n) is 18.6. The number of anilines is 5. The van der Waals surface area contributed by atoms with Gasteiger partial charge in [0, 0.05) is 30.4 Å². The number of nitrogens with zero attached hydrogens (tertiary/aromatic N) is 4. The molecule has 0 aliphatic carbocycles. The van der Waals surface area contributed by atoms with E-state index in [1.807, 2.05) is 0 Å². The molecule has 0 saturated heterocycles. The molecule has 0 atom stereocenters. The Kier molecular flexibility index (Phi) is 6.42. The van der Waals surface area contributed by atoms with E-state index < -0.39 is 17.5 Å². The lowest BCUT2D eigenvalue weighted by atomic mass is 10.2. The molecule has 0 fully saturated rings. The van der Waals surface area contributed by atoms with E-state index in [-0.39, 0.29) is 34.1 Å². The van der Waals surface area contributed by atoms with Crippen molar-refractivity contribution in [3.63, 3.8) is 0 Å². The standard InChI is InChI=1S/C23H20Cl2N6O4/c1-11(2)21(34)27-13-6-4-5-7-14(13)28-22-26-9-12-10-31(23(35)30(3)20(12)29-22)19-17(24)15(32)8-16(33)18(19)25/h4-9,32-33H,1,10H2,2-3H3,(H,27,34)(H,26,28,29). The van der Waals surface area contributed by atoms with E-state index in [0.29, 0.717) is 28.3 Å². The first-order valence-electron chi connectivity index (χ1n) is 10.2. The van der Waals surface area contributed by atoms with Crippen molar-refractivity contribution in [1.82, 2.24) is 9.97 Å². The van der Waals surface area contributed by atoms with Gasteiger partial charge in [-0.05, 0) is 19.1 Å². The number of hydrogen-bond donors (Lipinski definition) is 4. The molecule has 0 radical (unpaired) electrons. The molecule has 4 N–H and O–H groups in total. The first-order chi connectivity index (χ1) is 16.6. The van der Waals surface area contributed by atoms with Gasteiger partial charge in [0.25, 0.3) is 5.91 Å². The molecular formula is C23H20Cl2N6O4. The van der Waals surface area contributed by atoms with Gasteiger partial charge in [-0.15, -0.1) is 0 Å². The molecule has 2 heterocycles. The van der Waals surface area contributed by atoms with Crippen LogP contribution in [-0.2, 0) is 11.3 Å². The maximum Gasteiger partial charge on any atom is 0.330 e. The third kappa shape index (κ3) is 4.53. The highest BCUT2D eigenvalue weighted by Crippen LogP contribution is 2.47. The fraction of sp³-hybridized carbons (Fsp3) is 0.130. The zero-order valence-corrected chi connectivity index (χ0v) is 20.1. The molecule has 0 saturated carbocycles. The summed E-state index contributed by atoms with van der Waals surface area (Å²) in [4.78, 5) is 36.5. The van der Waals surface area contributed by atoms with Gasteiger partial charge in [-0.2, -0.15) is 4.98 Å². The second-order valence-electron chi connectivity index (χ2n) is 7.77. The number of phenolic OH excluding ortho intramolecular Hbond substituents is 2. The van der Waals surface area contributed by atoms with Crippen LogP contribution in [-0.4, -0.2) is 39.2 Å². The van der Waals surface area contributed by atoms with E-state index in [1.165, 1.54) is 23.0 Å². The molecule has 0 bridgehead atoms. The van der Waals surface area contributed by atoms with E-state index in [1.54, 1.807) is 31.2 Å². The molecule has 0 unspecified atom stereocenters. The monoisotopic (exact) mass is 514 g/mol. The largest absolute Gasteiger partial charge is 0.506 e. The summed E-state index contributed by atoms with van der Waals surface area (Å²) < 4.78 is 0. The van der Waals surface area contributed by atoms with E-state index in [4.69, 9.17) is 23.2 Å². The lowest BCUT2D eigenvalue weighted by molar-refractivity contribution is -0.112. The number of benzene rings is 2. The number of fused-ring (bicyclic) bond motifs is 1. The number of hydrogen-bond acceptors (Lipinski definition) is 7. The lowest BCUT2D eigenvalue weighted by Crippen LogP contribution is -2.46. The molecule has 10 nitrogen and oxygen atoms in total. The van der Waals surface area contributed by atoms with Crippen LogP contribution in [0.1, 0.15) is 12.5 Å². The summed E-state index contributed by atoms with van der Waals surface area (Å²) in [6, 6.07) is 7.47. The Labute approximate surface area is 210 Å². The normalized spacial score (nSPS) is 12.9. The van der Waals surface area contributed by atoms with Crippen molar-refractivity contribution in [1.29, 1.82) is 0 Å². The first kappa shape index (κ1) is 24.1. The number of halogens is 2. The Bertz CT molecular complexity index is 1350. The fourth-order valence-electron chi connectivity index (χ4n) is 3.43. The summed E-state index contributed by atoms with van der Waals surface area (Å²) in [5.41, 5.74) is 1.94. The van der Waals surface area contributed by atoms with Gasteiger partial charge in [0.1, 0.15) is 27.4 Å². The molecule has 3 amide bonds. The minimum atomic E-state index is -0.537. The number of aromatic nitrogens is 2. The van der Waals surface area contributed by atoms with E-state index >= 15 is 0 Å². The van der Waals surface area contributed by atoms with Gasteiger partial charge in [0.15, 0.2) is 0 Å². The SMILES string of the molecule is C=C(C)C(=O)Nc1ccccc1Nc1ncc2c(n1)N(C)C(=O)N(c1c(Cl)c(O)cc(O)c1Cl)C2. The molecule has 1 aliphatic heterocycles. The summed E-state index contributed by atoms with van der Waals surface area (Å²) in [6.45, 7) is 5.23. The van der Waals surface area contributed by atoms with Gasteiger partial charge in [-0.25, -0.2) is 9.78 Å². The predicted octanol–water partition coefficient (Wildman–Crippen LogP) is 5.03. The van der Waals surface area contributed by atoms with Crippen molar-refractivity contribution >= 4 is 64.0 Å². The third-order valence-electron chi connectivity index (χ3n) is 5.22. The van der Waals surface area contributed by atoms with Crippen molar-refractivity contribution in [2.75, 3.05) is 27.5 Å². The number of amides is 3. The Morgan fingerprint density at radius 3 is 2.40 bits per heavy atom. The number of urea groups is 1. The van der Waals surface area contributed by atoms with Crippen LogP contribution in [0.5, 0.6) is 11.5 Å². The highest BCUT2D eigenvalue weighted by molar-refractivity contribution is 6.42. The van der Waals surface area contributed by atoms with Crippen LogP contribution in [0.2, 0.25) is 10.0 Å². The third-order valence-corrected chi connectivity index (χ3v) is 5.97. The first-order valence-corrected chi connectivity index (χ1v) is 11.0. The predicted molar refractivity (Wildman–Crippen MR) is 135 cm³/mol. The van der Waals surface area contributed by atoms with Crippen molar-refractivity contribution in [2.24, 2.45) is 0 Å². The number of nitrogens with one attached hydrogen (secondary N) is 2. The molecule has 12 heteroatoms. The Morgan fingerprint density at radius 2 is 1.77 bits per heavy atom. The highest BCUT2D eigenvalue weighted by Gasteiger charge is 2.34. The summed E-state index contributed by atoms with van der Waals surface area (Å²) in [6.07, 6.45) is 1.53. The summed E-state index contributed by atoms with van der Waals surface area (Å²) >= 11 is 12.4. The maximum atomic E-state index is 13.2. The van der Waals surface area contributed by atoms with Gasteiger partial charge in [-0.3, -0.25) is 14.6 Å². The van der Waals surface area contributed by atoms with E-state index in [0.717, 1.165) is 6.07 Å². The number of carbonyl (C=O) groups is 2. The molecular weight excluding hydrogens is 495 g/mol. The van der Waals surface area contributed by atoms with Crippen LogP contribution in [0.25, 0.3) is 0 Å². The molecule has 180 valence electrons. The van der Waals surface area contributed by atoms with Crippen molar-refractivity contribution < 1.29 is 19.8 Å². The van der Waals surface area contributed by atoms with Gasteiger partial charge in [0.05, 0.1) is 23.6 Å². The molecule has 35 heavy (non-hydrogen) atoms. The molecule has 4 rings (SSSR count). The number of carbonyl (C=O) groups excluding carboxylic acids is 2. The maximum absolute atomic E-state index is 13.2. The molecule has 3 aromatic rings. The van der Waals surface area contributed by atoms with Gasteiger partial charge in [-0.1, -0.05) is 41.9 Å². The smallest absolute Gasteiger partial charge is 0.330 e. The van der Waals surface area contributed by atoms with Crippen molar-refractivity contribution in [2.45, 2.75) is 13.5 Å². The average molecular weight is 515 g/mol. The summed E-state index contributed by atoms with van der Waals surface area (Å²) in [5, 5.41) is 25.5.